The molecule has 2 aliphatic carbocycles. The molecule has 118 valence electrons. The zero-order chi connectivity index (χ0) is 15.9. The summed E-state index contributed by atoms with van der Waals surface area (Å²) in [7, 11) is 0. The fourth-order valence-electron chi connectivity index (χ4n) is 4.00. The highest BCUT2D eigenvalue weighted by Gasteiger charge is 2.47. The molecule has 0 heterocycles. The third-order valence-electron chi connectivity index (χ3n) is 4.82. The molecule has 3 heteroatoms. The lowest BCUT2D eigenvalue weighted by molar-refractivity contribution is -0.160. The SMILES string of the molecule is CC(C)(C)OC(=O)C1C(=O)c2ccccc2[C@H]2CCCC[C@@H]12. The van der Waals surface area contributed by atoms with E-state index in [1.807, 2.05) is 39.0 Å². The molecule has 1 aromatic carbocycles. The second-order valence-electron chi connectivity index (χ2n) is 7.52. The minimum absolute atomic E-state index is 0.0481. The number of carbonyl (C=O) groups is 2. The highest BCUT2D eigenvalue weighted by molar-refractivity contribution is 6.11. The average molecular weight is 300 g/mol. The minimum atomic E-state index is -0.626. The number of ketones is 1. The van der Waals surface area contributed by atoms with Crippen LogP contribution in [0.25, 0.3) is 0 Å². The van der Waals surface area contributed by atoms with Gasteiger partial charge in [-0.3, -0.25) is 9.59 Å². The van der Waals surface area contributed by atoms with E-state index in [0.29, 0.717) is 5.92 Å². The maximum absolute atomic E-state index is 12.9. The molecule has 0 aliphatic heterocycles. The van der Waals surface area contributed by atoms with Crippen LogP contribution in [0.5, 0.6) is 0 Å². The lowest BCUT2D eigenvalue weighted by atomic mass is 9.62. The number of esters is 1. The number of Topliss-reactive ketones (excluding diaryl/α,β-unsaturated/α-hetero) is 1. The summed E-state index contributed by atoms with van der Waals surface area (Å²) in [5.74, 6) is -0.595. The van der Waals surface area contributed by atoms with E-state index < -0.39 is 11.5 Å². The first-order valence-electron chi connectivity index (χ1n) is 8.24. The van der Waals surface area contributed by atoms with Crippen molar-refractivity contribution in [2.75, 3.05) is 0 Å². The maximum Gasteiger partial charge on any atom is 0.317 e. The first-order chi connectivity index (χ1) is 10.4. The van der Waals surface area contributed by atoms with Crippen molar-refractivity contribution < 1.29 is 14.3 Å². The molecule has 3 rings (SSSR count). The first kappa shape index (κ1) is 15.3. The summed E-state index contributed by atoms with van der Waals surface area (Å²) in [6.07, 6.45) is 4.27. The van der Waals surface area contributed by atoms with E-state index in [9.17, 15) is 9.59 Å². The van der Waals surface area contributed by atoms with Gasteiger partial charge in [0.15, 0.2) is 5.78 Å². The van der Waals surface area contributed by atoms with Gasteiger partial charge in [-0.1, -0.05) is 37.1 Å². The van der Waals surface area contributed by atoms with Gasteiger partial charge < -0.3 is 4.74 Å². The Morgan fingerprint density at radius 1 is 1.14 bits per heavy atom. The molecule has 22 heavy (non-hydrogen) atoms. The van der Waals surface area contributed by atoms with Gasteiger partial charge in [-0.25, -0.2) is 0 Å². The van der Waals surface area contributed by atoms with Gasteiger partial charge in [0, 0.05) is 5.56 Å². The molecule has 0 spiro atoms. The van der Waals surface area contributed by atoms with Gasteiger partial charge in [0.05, 0.1) is 0 Å². The van der Waals surface area contributed by atoms with E-state index >= 15 is 0 Å². The van der Waals surface area contributed by atoms with Crippen molar-refractivity contribution in [3.63, 3.8) is 0 Å². The van der Waals surface area contributed by atoms with Gasteiger partial charge in [-0.15, -0.1) is 0 Å². The Labute approximate surface area is 132 Å². The van der Waals surface area contributed by atoms with Crippen LogP contribution in [-0.4, -0.2) is 17.4 Å². The van der Waals surface area contributed by atoms with Crippen molar-refractivity contribution in [1.82, 2.24) is 0 Å². The zero-order valence-corrected chi connectivity index (χ0v) is 13.6. The van der Waals surface area contributed by atoms with Gasteiger partial charge in [0.1, 0.15) is 11.5 Å². The predicted molar refractivity (Wildman–Crippen MR) is 84.8 cm³/mol. The molecule has 1 fully saturated rings. The molecule has 0 bridgehead atoms. The molecule has 1 unspecified atom stereocenters. The van der Waals surface area contributed by atoms with Crippen molar-refractivity contribution in [2.24, 2.45) is 11.8 Å². The molecule has 0 N–H and O–H groups in total. The number of ether oxygens (including phenoxy) is 1. The summed E-state index contributed by atoms with van der Waals surface area (Å²) < 4.78 is 5.55. The maximum atomic E-state index is 12.9. The summed E-state index contributed by atoms with van der Waals surface area (Å²) in [5.41, 5.74) is 1.30. The number of benzene rings is 1. The summed E-state index contributed by atoms with van der Waals surface area (Å²) in [6.45, 7) is 5.56. The third-order valence-corrected chi connectivity index (χ3v) is 4.82. The largest absolute Gasteiger partial charge is 0.459 e. The van der Waals surface area contributed by atoms with Crippen LogP contribution < -0.4 is 0 Å². The van der Waals surface area contributed by atoms with E-state index in [4.69, 9.17) is 4.74 Å². The lowest BCUT2D eigenvalue weighted by Gasteiger charge is -2.41. The van der Waals surface area contributed by atoms with E-state index in [1.165, 1.54) is 6.42 Å². The Bertz CT molecular complexity index is 597. The summed E-state index contributed by atoms with van der Waals surface area (Å²) in [6, 6.07) is 7.79. The van der Waals surface area contributed by atoms with Gasteiger partial charge in [-0.2, -0.15) is 0 Å². The van der Waals surface area contributed by atoms with Crippen LogP contribution in [0.1, 0.15) is 68.3 Å². The van der Waals surface area contributed by atoms with Gasteiger partial charge >= 0.3 is 5.97 Å². The molecule has 1 aromatic rings. The molecule has 3 atom stereocenters. The molecule has 0 aromatic heterocycles. The second kappa shape index (κ2) is 5.53. The van der Waals surface area contributed by atoms with Crippen LogP contribution in [0.3, 0.4) is 0 Å². The fraction of sp³-hybridized carbons (Fsp3) is 0.579. The van der Waals surface area contributed by atoms with Crippen LogP contribution in [-0.2, 0) is 9.53 Å². The number of carbonyl (C=O) groups excluding carboxylic acids is 2. The molecule has 0 radical (unpaired) electrons. The van der Waals surface area contributed by atoms with E-state index in [2.05, 4.69) is 6.07 Å². The van der Waals surface area contributed by atoms with Crippen molar-refractivity contribution in [2.45, 2.75) is 58.0 Å². The van der Waals surface area contributed by atoms with Crippen LogP contribution in [0.2, 0.25) is 0 Å². The van der Waals surface area contributed by atoms with Crippen LogP contribution in [0.4, 0.5) is 0 Å². The van der Waals surface area contributed by atoms with Gasteiger partial charge in [0.25, 0.3) is 0 Å². The highest BCUT2D eigenvalue weighted by atomic mass is 16.6. The van der Waals surface area contributed by atoms with Crippen molar-refractivity contribution >= 4 is 11.8 Å². The van der Waals surface area contributed by atoms with Crippen LogP contribution in [0.15, 0.2) is 24.3 Å². The monoisotopic (exact) mass is 300 g/mol. The Balaban J connectivity index is 2.00. The third kappa shape index (κ3) is 2.69. The molecule has 0 saturated heterocycles. The lowest BCUT2D eigenvalue weighted by Crippen LogP contribution is -2.43. The molecule has 1 saturated carbocycles. The van der Waals surface area contributed by atoms with Crippen molar-refractivity contribution in [3.05, 3.63) is 35.4 Å². The van der Waals surface area contributed by atoms with Crippen LogP contribution >= 0.6 is 0 Å². The van der Waals surface area contributed by atoms with Crippen molar-refractivity contribution in [3.8, 4) is 0 Å². The predicted octanol–water partition coefficient (Wildman–Crippen LogP) is 4.11. The van der Waals surface area contributed by atoms with Gasteiger partial charge in [-0.05, 0) is 51.0 Å². The molecular weight excluding hydrogens is 276 g/mol. The first-order valence-corrected chi connectivity index (χ1v) is 8.24. The number of hydrogen-bond donors (Lipinski definition) is 0. The Hall–Kier alpha value is -1.64. The smallest absolute Gasteiger partial charge is 0.317 e. The summed E-state index contributed by atoms with van der Waals surface area (Å²) in [5, 5.41) is 0. The van der Waals surface area contributed by atoms with E-state index in [0.717, 1.165) is 30.4 Å². The Morgan fingerprint density at radius 2 is 1.82 bits per heavy atom. The standard InChI is InChI=1S/C19H24O3/c1-19(2,3)22-18(21)16-14-10-6-4-8-12(14)13-9-5-7-11-15(13)17(16)20/h5,7,9,11-12,14,16H,4,6,8,10H2,1-3H3/t12-,14-,16?/m1/s1. The summed E-state index contributed by atoms with van der Waals surface area (Å²) >= 11 is 0. The molecule has 2 aliphatic rings. The summed E-state index contributed by atoms with van der Waals surface area (Å²) in [4.78, 5) is 25.5. The second-order valence-corrected chi connectivity index (χ2v) is 7.52. The highest BCUT2D eigenvalue weighted by Crippen LogP contribution is 2.48. The number of fused-ring (bicyclic) bond motifs is 3. The Morgan fingerprint density at radius 3 is 2.55 bits per heavy atom. The molecular formula is C19H24O3. The van der Waals surface area contributed by atoms with E-state index in [1.54, 1.807) is 0 Å². The normalized spacial score (nSPS) is 27.8. The van der Waals surface area contributed by atoms with Gasteiger partial charge in [0.2, 0.25) is 0 Å². The number of rotatable bonds is 1. The fourth-order valence-corrected chi connectivity index (χ4v) is 4.00. The average Bonchev–Trinajstić information content (AvgIpc) is 2.46. The van der Waals surface area contributed by atoms with E-state index in [-0.39, 0.29) is 17.7 Å². The zero-order valence-electron chi connectivity index (χ0n) is 13.6. The minimum Gasteiger partial charge on any atom is -0.459 e. The quantitative estimate of drug-likeness (QED) is 0.579. The Kier molecular flexibility index (Phi) is 3.84. The van der Waals surface area contributed by atoms with Crippen LogP contribution in [0, 0.1) is 11.8 Å². The topological polar surface area (TPSA) is 43.4 Å². The van der Waals surface area contributed by atoms with Crippen molar-refractivity contribution in [1.29, 1.82) is 0 Å². The molecule has 0 amide bonds. The number of hydrogen-bond acceptors (Lipinski definition) is 3. The molecule has 3 nitrogen and oxygen atoms in total.